The predicted molar refractivity (Wildman–Crippen MR) is 145 cm³/mol. The van der Waals surface area contributed by atoms with Crippen LogP contribution in [-0.2, 0) is 13.1 Å². The van der Waals surface area contributed by atoms with E-state index in [1.165, 1.54) is 0 Å². The Bertz CT molecular complexity index is 1510. The molecule has 6 nitrogen and oxygen atoms in total. The Hall–Kier alpha value is -3.97. The topological polar surface area (TPSA) is 64.7 Å². The second-order valence-corrected chi connectivity index (χ2v) is 9.47. The Morgan fingerprint density at radius 1 is 0.917 bits per heavy atom. The summed E-state index contributed by atoms with van der Waals surface area (Å²) < 4.78 is 4.82. The second-order valence-electron chi connectivity index (χ2n) is 8.67. The Kier molecular flexibility index (Phi) is 6.82. The van der Waals surface area contributed by atoms with E-state index < -0.39 is 0 Å². The van der Waals surface area contributed by atoms with Gasteiger partial charge in [0.1, 0.15) is 0 Å². The lowest BCUT2D eigenvalue weighted by molar-refractivity contribution is 0.0951. The van der Waals surface area contributed by atoms with Crippen molar-refractivity contribution >= 4 is 21.8 Å². The van der Waals surface area contributed by atoms with Crippen LogP contribution >= 0.6 is 15.9 Å². The van der Waals surface area contributed by atoms with E-state index in [0.717, 1.165) is 43.9 Å². The quantitative estimate of drug-likeness (QED) is 0.272. The predicted octanol–water partition coefficient (Wildman–Crippen LogP) is 6.09. The summed E-state index contributed by atoms with van der Waals surface area (Å²) in [4.78, 5) is 13.1. The minimum absolute atomic E-state index is 0.127. The van der Waals surface area contributed by atoms with Crippen LogP contribution in [0.1, 0.15) is 32.9 Å². The number of amides is 1. The standard InChI is InChI=1S/C29H26BrN5O/c1-20-27(30)21(2)34(32-20)18-22-10-9-13-24(16-22)29(36)31-17-25-19-35(26-14-7-4-8-15-26)33-28(25)23-11-5-3-6-12-23/h3-16,19H,17-18H2,1-2H3,(H,31,36). The molecule has 5 rings (SSSR count). The van der Waals surface area contributed by atoms with Crippen molar-refractivity contribution in [3.8, 4) is 16.9 Å². The van der Waals surface area contributed by atoms with Crippen LogP contribution in [0.2, 0.25) is 0 Å². The number of benzene rings is 3. The molecule has 2 heterocycles. The van der Waals surface area contributed by atoms with Crippen LogP contribution in [0, 0.1) is 13.8 Å². The van der Waals surface area contributed by atoms with Crippen molar-refractivity contribution < 1.29 is 4.79 Å². The molecule has 0 atom stereocenters. The van der Waals surface area contributed by atoms with E-state index in [1.807, 2.05) is 114 Å². The van der Waals surface area contributed by atoms with Crippen LogP contribution in [0.3, 0.4) is 0 Å². The normalized spacial score (nSPS) is 11.0. The number of halogens is 1. The van der Waals surface area contributed by atoms with Crippen molar-refractivity contribution in [2.45, 2.75) is 26.9 Å². The first-order chi connectivity index (χ1) is 17.5. The fourth-order valence-electron chi connectivity index (χ4n) is 4.18. The summed E-state index contributed by atoms with van der Waals surface area (Å²) in [5, 5.41) is 12.5. The fraction of sp³-hybridized carbons (Fsp3) is 0.138. The first-order valence-electron chi connectivity index (χ1n) is 11.8. The molecule has 0 radical (unpaired) electrons. The molecule has 180 valence electrons. The van der Waals surface area contributed by atoms with Gasteiger partial charge in [-0.2, -0.15) is 10.2 Å². The summed E-state index contributed by atoms with van der Waals surface area (Å²) >= 11 is 3.58. The van der Waals surface area contributed by atoms with Gasteiger partial charge in [0.2, 0.25) is 0 Å². The summed E-state index contributed by atoms with van der Waals surface area (Å²) in [6.07, 6.45) is 1.98. The monoisotopic (exact) mass is 539 g/mol. The number of hydrogen-bond donors (Lipinski definition) is 1. The van der Waals surface area contributed by atoms with Crippen LogP contribution in [0.5, 0.6) is 0 Å². The molecule has 0 saturated carbocycles. The Morgan fingerprint density at radius 3 is 2.33 bits per heavy atom. The first kappa shape index (κ1) is 23.8. The SMILES string of the molecule is Cc1nn(Cc2cccc(C(=O)NCc3cn(-c4ccccc4)nc3-c3ccccc3)c2)c(C)c1Br. The lowest BCUT2D eigenvalue weighted by atomic mass is 10.1. The number of carbonyl (C=O) groups excluding carboxylic acids is 1. The summed E-state index contributed by atoms with van der Waals surface area (Å²) in [6, 6.07) is 27.7. The zero-order chi connectivity index (χ0) is 25.1. The van der Waals surface area contributed by atoms with E-state index in [4.69, 9.17) is 5.10 Å². The van der Waals surface area contributed by atoms with Gasteiger partial charge in [-0.05, 0) is 59.6 Å². The number of aryl methyl sites for hydroxylation is 1. The Labute approximate surface area is 218 Å². The summed E-state index contributed by atoms with van der Waals surface area (Å²) in [5.41, 5.74) is 7.42. The highest BCUT2D eigenvalue weighted by Crippen LogP contribution is 2.24. The molecule has 2 aromatic heterocycles. The molecular weight excluding hydrogens is 514 g/mol. The zero-order valence-electron chi connectivity index (χ0n) is 20.1. The number of nitrogens with one attached hydrogen (secondary N) is 1. The van der Waals surface area contributed by atoms with Crippen molar-refractivity contribution in [1.29, 1.82) is 0 Å². The van der Waals surface area contributed by atoms with Crippen LogP contribution in [0.25, 0.3) is 16.9 Å². The minimum atomic E-state index is -0.127. The number of para-hydroxylation sites is 1. The van der Waals surface area contributed by atoms with E-state index >= 15 is 0 Å². The number of aromatic nitrogens is 4. The van der Waals surface area contributed by atoms with Crippen LogP contribution in [0.4, 0.5) is 0 Å². The van der Waals surface area contributed by atoms with Gasteiger partial charge in [0.05, 0.1) is 33.8 Å². The molecule has 1 N–H and O–H groups in total. The van der Waals surface area contributed by atoms with Gasteiger partial charge in [-0.15, -0.1) is 0 Å². The molecular formula is C29H26BrN5O. The van der Waals surface area contributed by atoms with Gasteiger partial charge in [0.15, 0.2) is 0 Å². The molecule has 0 spiro atoms. The summed E-state index contributed by atoms with van der Waals surface area (Å²) in [5.74, 6) is -0.127. The van der Waals surface area contributed by atoms with E-state index in [2.05, 4.69) is 26.3 Å². The highest BCUT2D eigenvalue weighted by atomic mass is 79.9. The average Bonchev–Trinajstić information content (AvgIpc) is 3.45. The number of hydrogen-bond acceptors (Lipinski definition) is 3. The Balaban J connectivity index is 1.36. The lowest BCUT2D eigenvalue weighted by Crippen LogP contribution is -2.23. The molecule has 36 heavy (non-hydrogen) atoms. The van der Waals surface area contributed by atoms with Gasteiger partial charge in [-0.25, -0.2) is 4.68 Å². The molecule has 1 amide bonds. The van der Waals surface area contributed by atoms with Crippen LogP contribution in [-0.4, -0.2) is 25.5 Å². The first-order valence-corrected chi connectivity index (χ1v) is 12.5. The Morgan fingerprint density at radius 2 is 1.64 bits per heavy atom. The van der Waals surface area contributed by atoms with Gasteiger partial charge in [0, 0.05) is 29.4 Å². The highest BCUT2D eigenvalue weighted by Gasteiger charge is 2.15. The third-order valence-corrected chi connectivity index (χ3v) is 7.26. The van der Waals surface area contributed by atoms with Gasteiger partial charge in [0.25, 0.3) is 5.91 Å². The van der Waals surface area contributed by atoms with Gasteiger partial charge < -0.3 is 5.32 Å². The highest BCUT2D eigenvalue weighted by molar-refractivity contribution is 9.10. The maximum Gasteiger partial charge on any atom is 0.251 e. The van der Waals surface area contributed by atoms with Crippen LogP contribution < -0.4 is 5.32 Å². The van der Waals surface area contributed by atoms with E-state index in [1.54, 1.807) is 0 Å². The third-order valence-electron chi connectivity index (χ3n) is 6.11. The zero-order valence-corrected chi connectivity index (χ0v) is 21.7. The molecule has 0 aliphatic heterocycles. The van der Waals surface area contributed by atoms with Crippen molar-refractivity contribution in [2.75, 3.05) is 0 Å². The van der Waals surface area contributed by atoms with Crippen molar-refractivity contribution in [1.82, 2.24) is 24.9 Å². The largest absolute Gasteiger partial charge is 0.348 e. The lowest BCUT2D eigenvalue weighted by Gasteiger charge is -2.09. The maximum atomic E-state index is 13.1. The molecule has 0 saturated heterocycles. The van der Waals surface area contributed by atoms with Crippen molar-refractivity contribution in [3.63, 3.8) is 0 Å². The number of rotatable bonds is 7. The van der Waals surface area contributed by atoms with Crippen molar-refractivity contribution in [2.24, 2.45) is 0 Å². The summed E-state index contributed by atoms with van der Waals surface area (Å²) in [7, 11) is 0. The molecule has 0 fully saturated rings. The molecule has 3 aromatic carbocycles. The van der Waals surface area contributed by atoms with Crippen molar-refractivity contribution in [3.05, 3.63) is 124 Å². The second kappa shape index (κ2) is 10.3. The fourth-order valence-corrected chi connectivity index (χ4v) is 4.47. The van der Waals surface area contributed by atoms with E-state index in [-0.39, 0.29) is 5.91 Å². The minimum Gasteiger partial charge on any atom is -0.348 e. The molecule has 0 unspecified atom stereocenters. The smallest absolute Gasteiger partial charge is 0.251 e. The van der Waals surface area contributed by atoms with Gasteiger partial charge in [-0.1, -0.05) is 60.7 Å². The molecule has 0 aliphatic carbocycles. The molecule has 0 aliphatic rings. The average molecular weight is 540 g/mol. The molecule has 7 heteroatoms. The third kappa shape index (κ3) is 5.02. The molecule has 5 aromatic rings. The van der Waals surface area contributed by atoms with Crippen LogP contribution in [0.15, 0.2) is 95.6 Å². The number of carbonyl (C=O) groups is 1. The van der Waals surface area contributed by atoms with E-state index in [9.17, 15) is 4.79 Å². The van der Waals surface area contributed by atoms with Gasteiger partial charge >= 0.3 is 0 Å². The maximum absolute atomic E-state index is 13.1. The number of nitrogens with zero attached hydrogens (tertiary/aromatic N) is 4. The van der Waals surface area contributed by atoms with E-state index in [0.29, 0.717) is 18.7 Å². The molecule has 0 bridgehead atoms. The van der Waals surface area contributed by atoms with Gasteiger partial charge in [-0.3, -0.25) is 9.48 Å². The summed E-state index contributed by atoms with van der Waals surface area (Å²) in [6.45, 7) is 4.97.